The summed E-state index contributed by atoms with van der Waals surface area (Å²) in [6.45, 7) is 0. The first-order chi connectivity index (χ1) is 31.8. The van der Waals surface area contributed by atoms with Crippen molar-refractivity contribution in [3.8, 4) is 22.5 Å². The minimum absolute atomic E-state index is 0.191. The molecule has 1 unspecified atom stereocenters. The summed E-state index contributed by atoms with van der Waals surface area (Å²) in [6, 6.07) is 63.7. The van der Waals surface area contributed by atoms with Crippen LogP contribution in [-0.4, -0.2) is 18.3 Å². The summed E-state index contributed by atoms with van der Waals surface area (Å²) < 4.78 is 10.3. The predicted molar refractivity (Wildman–Crippen MR) is 271 cm³/mol. The van der Waals surface area contributed by atoms with Gasteiger partial charge >= 0.3 is 0 Å². The molecule has 0 bridgehead atoms. The highest BCUT2D eigenvalue weighted by Crippen LogP contribution is 2.46. The number of benzene rings is 8. The minimum Gasteiger partial charge on any atom is -0.331 e. The van der Waals surface area contributed by atoms with Gasteiger partial charge in [0.05, 0.1) is 44.7 Å². The van der Waals surface area contributed by atoms with E-state index >= 15 is 0 Å². The van der Waals surface area contributed by atoms with Crippen LogP contribution >= 0.6 is 0 Å². The van der Waals surface area contributed by atoms with Crippen LogP contribution in [0.15, 0.2) is 212 Å². The van der Waals surface area contributed by atoms with E-state index in [0.717, 1.165) is 30.6 Å². The first-order valence-corrected chi connectivity index (χ1v) is 22.6. The van der Waals surface area contributed by atoms with Crippen molar-refractivity contribution in [1.82, 2.24) is 18.3 Å². The van der Waals surface area contributed by atoms with Crippen LogP contribution in [0, 0.1) is 0 Å². The quantitative estimate of drug-likeness (QED) is 0.165. The standard InChI is InChI=1S/C60H42N4/c1-4-18-39(19-5-1)40-36-43(63-55-30-16-12-26-47(55)51-34-32-49-45-24-10-14-28-53(45)61(57(49)59(51)63)41-20-6-2-7-21-41)38-44(37-40)64-56-31-17-13-27-48(56)52-35-33-50-46-25-11-15-29-54(46)62(58(50)60(52)64)42-22-8-3-9-23-42/h1-2,4-8,10-20,22-38,41H,3,9,21H2. The van der Waals surface area contributed by atoms with Crippen molar-refractivity contribution in [3.63, 3.8) is 0 Å². The maximum absolute atomic E-state index is 2.61. The zero-order valence-corrected chi connectivity index (χ0v) is 35.2. The largest absolute Gasteiger partial charge is 0.331 e. The van der Waals surface area contributed by atoms with E-state index in [-0.39, 0.29) is 6.04 Å². The Balaban J connectivity index is 1.16. The molecule has 64 heavy (non-hydrogen) atoms. The fraction of sp³-hybridized carbons (Fsp3) is 0.0667. The molecular weight excluding hydrogens is 777 g/mol. The van der Waals surface area contributed by atoms with E-state index in [9.17, 15) is 0 Å². The smallest absolute Gasteiger partial charge is 0.0788 e. The number of hydrogen-bond acceptors (Lipinski definition) is 0. The molecule has 4 heteroatoms. The van der Waals surface area contributed by atoms with E-state index in [2.05, 4.69) is 231 Å². The van der Waals surface area contributed by atoms with Crippen LogP contribution < -0.4 is 0 Å². The highest BCUT2D eigenvalue weighted by Gasteiger charge is 2.26. The maximum Gasteiger partial charge on any atom is 0.0788 e. The fourth-order valence-electron chi connectivity index (χ4n) is 11.4. The van der Waals surface area contributed by atoms with Gasteiger partial charge in [-0.3, -0.25) is 0 Å². The van der Waals surface area contributed by atoms with Crippen LogP contribution in [0.3, 0.4) is 0 Å². The summed E-state index contributed by atoms with van der Waals surface area (Å²) in [5.74, 6) is 0. The van der Waals surface area contributed by atoms with Crippen molar-refractivity contribution in [3.05, 3.63) is 212 Å². The number of fused-ring (bicyclic) bond motifs is 14. The van der Waals surface area contributed by atoms with Gasteiger partial charge in [0.15, 0.2) is 0 Å². The van der Waals surface area contributed by atoms with Crippen LogP contribution in [-0.2, 0) is 0 Å². The van der Waals surface area contributed by atoms with E-state index in [1.54, 1.807) is 0 Å². The molecule has 0 saturated heterocycles. The molecule has 0 spiro atoms. The van der Waals surface area contributed by atoms with Gasteiger partial charge in [0.25, 0.3) is 0 Å². The highest BCUT2D eigenvalue weighted by atomic mass is 15.1. The third kappa shape index (κ3) is 4.99. The van der Waals surface area contributed by atoms with Crippen LogP contribution in [0.4, 0.5) is 0 Å². The summed E-state index contributed by atoms with van der Waals surface area (Å²) in [4.78, 5) is 0. The summed E-state index contributed by atoms with van der Waals surface area (Å²) >= 11 is 0. The van der Waals surface area contributed by atoms with E-state index in [1.807, 2.05) is 0 Å². The molecule has 302 valence electrons. The molecule has 0 aliphatic heterocycles. The van der Waals surface area contributed by atoms with Crippen LogP contribution in [0.2, 0.25) is 0 Å². The molecule has 0 amide bonds. The molecule has 0 radical (unpaired) electrons. The van der Waals surface area contributed by atoms with Gasteiger partial charge in [-0.1, -0.05) is 164 Å². The number of para-hydroxylation sites is 4. The molecule has 4 heterocycles. The van der Waals surface area contributed by atoms with E-state index < -0.39 is 0 Å². The SMILES string of the molecule is C1=CCC(n2c3ccccc3c3ccc4c5ccccc5n(-c5cc(-c6ccccc6)cc(-n6c7ccccc7c7ccc8c9ccccc9n(C9=CCCC=C9)c8c76)c5)c4c32)C=C1. The summed E-state index contributed by atoms with van der Waals surface area (Å²) in [7, 11) is 0. The van der Waals surface area contributed by atoms with E-state index in [4.69, 9.17) is 0 Å². The molecule has 4 nitrogen and oxygen atoms in total. The lowest BCUT2D eigenvalue weighted by molar-refractivity contribution is 0.648. The van der Waals surface area contributed by atoms with Crippen molar-refractivity contribution in [1.29, 1.82) is 0 Å². The lowest BCUT2D eigenvalue weighted by atomic mass is 10.0. The Bertz CT molecular complexity index is 4040. The molecule has 1 atom stereocenters. The molecule has 14 rings (SSSR count). The van der Waals surface area contributed by atoms with Crippen molar-refractivity contribution in [2.75, 3.05) is 0 Å². The Kier molecular flexibility index (Phi) is 7.61. The number of aromatic nitrogens is 4. The molecule has 0 saturated carbocycles. The number of hydrogen-bond donors (Lipinski definition) is 0. The van der Waals surface area contributed by atoms with Gasteiger partial charge in [-0.15, -0.1) is 0 Å². The monoisotopic (exact) mass is 818 g/mol. The highest BCUT2D eigenvalue weighted by molar-refractivity contribution is 6.25. The Hall–Kier alpha value is -8.08. The van der Waals surface area contributed by atoms with Crippen molar-refractivity contribution < 1.29 is 0 Å². The van der Waals surface area contributed by atoms with E-state index in [0.29, 0.717) is 0 Å². The van der Waals surface area contributed by atoms with Gasteiger partial charge in [-0.25, -0.2) is 0 Å². The van der Waals surface area contributed by atoms with Crippen LogP contribution in [0.5, 0.6) is 0 Å². The zero-order valence-electron chi connectivity index (χ0n) is 35.2. The lowest BCUT2D eigenvalue weighted by Crippen LogP contribution is -2.08. The summed E-state index contributed by atoms with van der Waals surface area (Å²) in [6.07, 6.45) is 19.2. The second-order valence-corrected chi connectivity index (χ2v) is 17.5. The second-order valence-electron chi connectivity index (χ2n) is 17.5. The Morgan fingerprint density at radius 1 is 0.375 bits per heavy atom. The summed E-state index contributed by atoms with van der Waals surface area (Å²) in [5.41, 5.74) is 15.7. The van der Waals surface area contributed by atoms with Gasteiger partial charge in [0.2, 0.25) is 0 Å². The first-order valence-electron chi connectivity index (χ1n) is 22.6. The van der Waals surface area contributed by atoms with Gasteiger partial charge in [-0.05, 0) is 78.9 Å². The third-order valence-electron chi connectivity index (χ3n) is 14.0. The van der Waals surface area contributed by atoms with Gasteiger partial charge in [-0.2, -0.15) is 0 Å². The number of allylic oxidation sites excluding steroid dienone is 8. The topological polar surface area (TPSA) is 19.7 Å². The van der Waals surface area contributed by atoms with Gasteiger partial charge < -0.3 is 18.3 Å². The molecular formula is C60H42N4. The minimum atomic E-state index is 0.191. The van der Waals surface area contributed by atoms with Crippen LogP contribution in [0.1, 0.15) is 25.3 Å². The number of nitrogens with zero attached hydrogens (tertiary/aromatic N) is 4. The Morgan fingerprint density at radius 3 is 1.44 bits per heavy atom. The zero-order chi connectivity index (χ0) is 41.9. The molecule has 4 aromatic heterocycles. The molecule has 12 aromatic rings. The first kappa shape index (κ1) is 35.5. The van der Waals surface area contributed by atoms with Gasteiger partial charge in [0.1, 0.15) is 0 Å². The van der Waals surface area contributed by atoms with Crippen molar-refractivity contribution in [2.24, 2.45) is 0 Å². The molecule has 2 aliphatic carbocycles. The fourth-order valence-corrected chi connectivity index (χ4v) is 11.4. The summed E-state index contributed by atoms with van der Waals surface area (Å²) in [5, 5.41) is 10.1. The van der Waals surface area contributed by atoms with Crippen LogP contribution in [0.25, 0.3) is 115 Å². The average molecular weight is 819 g/mol. The molecule has 0 N–H and O–H groups in total. The molecule has 0 fully saturated rings. The van der Waals surface area contributed by atoms with E-state index in [1.165, 1.54) is 104 Å². The van der Waals surface area contributed by atoms with Crippen molar-refractivity contribution >= 4 is 92.9 Å². The lowest BCUT2D eigenvalue weighted by Gasteiger charge is -2.20. The molecule has 8 aromatic carbocycles. The van der Waals surface area contributed by atoms with Crippen molar-refractivity contribution in [2.45, 2.75) is 25.3 Å². The molecule has 2 aliphatic rings. The maximum atomic E-state index is 2.61. The average Bonchev–Trinajstić information content (AvgIpc) is 4.10. The Morgan fingerprint density at radius 2 is 0.875 bits per heavy atom. The normalized spacial score (nSPS) is 15.4. The third-order valence-corrected chi connectivity index (χ3v) is 14.0. The Labute approximate surface area is 369 Å². The number of rotatable bonds is 5. The second kappa shape index (κ2) is 13.7. The predicted octanol–water partition coefficient (Wildman–Crippen LogP) is 16.0. The van der Waals surface area contributed by atoms with Gasteiger partial charge in [0, 0.05) is 65.7 Å².